The van der Waals surface area contributed by atoms with E-state index < -0.39 is 0 Å². The third kappa shape index (κ3) is 3.41. The number of carbonyl (C=O) groups is 1. The van der Waals surface area contributed by atoms with Crippen molar-refractivity contribution < 1.29 is 4.79 Å². The van der Waals surface area contributed by atoms with Gasteiger partial charge in [0.05, 0.1) is 6.54 Å². The summed E-state index contributed by atoms with van der Waals surface area (Å²) >= 11 is 0. The lowest BCUT2D eigenvalue weighted by molar-refractivity contribution is -0.117. The van der Waals surface area contributed by atoms with E-state index in [0.29, 0.717) is 18.4 Å². The lowest BCUT2D eigenvalue weighted by Gasteiger charge is -2.26. The van der Waals surface area contributed by atoms with E-state index in [-0.39, 0.29) is 0 Å². The summed E-state index contributed by atoms with van der Waals surface area (Å²) in [6, 6.07) is 0.673. The number of hydrogen-bond donors (Lipinski definition) is 0. The first-order valence-electron chi connectivity index (χ1n) is 6.03. The van der Waals surface area contributed by atoms with Crippen LogP contribution in [0.3, 0.4) is 0 Å². The smallest absolute Gasteiger partial charge is 0.148 e. The number of rotatable bonds is 6. The van der Waals surface area contributed by atoms with Gasteiger partial charge in [-0.3, -0.25) is 9.69 Å². The quantitative estimate of drug-likeness (QED) is 0.652. The molecule has 0 aromatic carbocycles. The summed E-state index contributed by atoms with van der Waals surface area (Å²) in [7, 11) is 0. The van der Waals surface area contributed by atoms with Crippen molar-refractivity contribution in [3.8, 4) is 0 Å². The second kappa shape index (κ2) is 6.18. The first-order valence-corrected chi connectivity index (χ1v) is 6.03. The van der Waals surface area contributed by atoms with Gasteiger partial charge >= 0.3 is 0 Å². The fourth-order valence-electron chi connectivity index (χ4n) is 2.25. The highest BCUT2D eigenvalue weighted by atomic mass is 16.1. The standard InChI is InChI=1S/C12H23NO/c1-3-5-7-11(6-4-2)13-9-8-12(14)10-13/h11H,3-10H2,1-2H3. The molecule has 0 aromatic heterocycles. The van der Waals surface area contributed by atoms with E-state index in [9.17, 15) is 4.79 Å². The zero-order valence-electron chi connectivity index (χ0n) is 9.59. The lowest BCUT2D eigenvalue weighted by Crippen LogP contribution is -2.33. The van der Waals surface area contributed by atoms with E-state index in [1.807, 2.05) is 0 Å². The summed E-state index contributed by atoms with van der Waals surface area (Å²) in [4.78, 5) is 13.6. The highest BCUT2D eigenvalue weighted by Crippen LogP contribution is 2.18. The fraction of sp³-hybridized carbons (Fsp3) is 0.917. The van der Waals surface area contributed by atoms with Gasteiger partial charge in [0.15, 0.2) is 0 Å². The summed E-state index contributed by atoms with van der Waals surface area (Å²) in [6.45, 7) is 6.19. The van der Waals surface area contributed by atoms with Crippen molar-refractivity contribution in [2.45, 2.75) is 58.4 Å². The molecule has 1 saturated heterocycles. The zero-order chi connectivity index (χ0) is 10.4. The molecular formula is C12H23NO. The molecule has 2 heteroatoms. The number of carbonyl (C=O) groups excluding carboxylic acids is 1. The lowest BCUT2D eigenvalue weighted by atomic mass is 10.0. The van der Waals surface area contributed by atoms with Gasteiger partial charge in [0, 0.05) is 19.0 Å². The molecule has 0 radical (unpaired) electrons. The average Bonchev–Trinajstić information content (AvgIpc) is 2.59. The van der Waals surface area contributed by atoms with Gasteiger partial charge in [0.1, 0.15) is 5.78 Å². The molecule has 1 rings (SSSR count). The number of hydrogen-bond acceptors (Lipinski definition) is 2. The Bertz CT molecular complexity index is 179. The van der Waals surface area contributed by atoms with Crippen molar-refractivity contribution in [3.05, 3.63) is 0 Å². The van der Waals surface area contributed by atoms with E-state index in [4.69, 9.17) is 0 Å². The number of likely N-dealkylation sites (tertiary alicyclic amines) is 1. The topological polar surface area (TPSA) is 20.3 Å². The number of unbranched alkanes of at least 4 members (excludes halogenated alkanes) is 1. The minimum absolute atomic E-state index is 0.433. The summed E-state index contributed by atoms with van der Waals surface area (Å²) in [5, 5.41) is 0. The van der Waals surface area contributed by atoms with Gasteiger partial charge in [-0.05, 0) is 12.8 Å². The van der Waals surface area contributed by atoms with Crippen molar-refractivity contribution in [2.24, 2.45) is 0 Å². The van der Waals surface area contributed by atoms with Crippen molar-refractivity contribution in [3.63, 3.8) is 0 Å². The molecule has 0 aromatic rings. The first-order chi connectivity index (χ1) is 6.77. The Morgan fingerprint density at radius 3 is 2.57 bits per heavy atom. The van der Waals surface area contributed by atoms with Crippen molar-refractivity contribution in [2.75, 3.05) is 13.1 Å². The Kier molecular flexibility index (Phi) is 5.16. The third-order valence-corrected chi connectivity index (χ3v) is 3.09. The van der Waals surface area contributed by atoms with Crippen molar-refractivity contribution in [1.29, 1.82) is 0 Å². The van der Waals surface area contributed by atoms with Crippen LogP contribution in [0.2, 0.25) is 0 Å². The Labute approximate surface area is 87.7 Å². The maximum Gasteiger partial charge on any atom is 0.148 e. The maximum atomic E-state index is 11.2. The minimum Gasteiger partial charge on any atom is -0.298 e. The van der Waals surface area contributed by atoms with E-state index in [2.05, 4.69) is 18.7 Å². The molecule has 1 fully saturated rings. The van der Waals surface area contributed by atoms with Gasteiger partial charge < -0.3 is 0 Å². The predicted molar refractivity (Wildman–Crippen MR) is 59.4 cm³/mol. The maximum absolute atomic E-state index is 11.2. The highest BCUT2D eigenvalue weighted by Gasteiger charge is 2.25. The Morgan fingerprint density at radius 2 is 2.07 bits per heavy atom. The molecule has 0 spiro atoms. The SMILES string of the molecule is CCCCC(CCC)N1CCC(=O)C1. The van der Waals surface area contributed by atoms with E-state index in [0.717, 1.165) is 13.0 Å². The molecule has 0 aliphatic carbocycles. The minimum atomic E-state index is 0.433. The number of ketones is 1. The molecule has 1 aliphatic rings. The van der Waals surface area contributed by atoms with E-state index in [1.165, 1.54) is 32.1 Å². The molecule has 1 atom stereocenters. The van der Waals surface area contributed by atoms with E-state index in [1.54, 1.807) is 0 Å². The van der Waals surface area contributed by atoms with Crippen LogP contribution in [0.5, 0.6) is 0 Å². The molecule has 1 aliphatic heterocycles. The van der Waals surface area contributed by atoms with Crippen molar-refractivity contribution in [1.82, 2.24) is 4.90 Å². The zero-order valence-corrected chi connectivity index (χ0v) is 9.59. The fourth-order valence-corrected chi connectivity index (χ4v) is 2.25. The van der Waals surface area contributed by atoms with Gasteiger partial charge in [0.2, 0.25) is 0 Å². The Morgan fingerprint density at radius 1 is 1.29 bits per heavy atom. The van der Waals surface area contributed by atoms with Crippen LogP contribution in [-0.2, 0) is 4.79 Å². The predicted octanol–water partition coefficient (Wildman–Crippen LogP) is 2.62. The monoisotopic (exact) mass is 197 g/mol. The first kappa shape index (κ1) is 11.7. The van der Waals surface area contributed by atoms with Crippen molar-refractivity contribution >= 4 is 5.78 Å². The summed E-state index contributed by atoms with van der Waals surface area (Å²) in [5.74, 6) is 0.433. The summed E-state index contributed by atoms with van der Waals surface area (Å²) in [6.07, 6.45) is 7.12. The van der Waals surface area contributed by atoms with Crippen LogP contribution in [0, 0.1) is 0 Å². The molecule has 14 heavy (non-hydrogen) atoms. The highest BCUT2D eigenvalue weighted by molar-refractivity contribution is 5.82. The molecule has 82 valence electrons. The molecule has 1 heterocycles. The largest absolute Gasteiger partial charge is 0.298 e. The number of nitrogens with zero attached hydrogens (tertiary/aromatic N) is 1. The summed E-state index contributed by atoms with van der Waals surface area (Å²) in [5.41, 5.74) is 0. The second-order valence-electron chi connectivity index (χ2n) is 4.34. The summed E-state index contributed by atoms with van der Waals surface area (Å²) < 4.78 is 0. The van der Waals surface area contributed by atoms with Gasteiger partial charge in [-0.25, -0.2) is 0 Å². The van der Waals surface area contributed by atoms with Crippen LogP contribution in [0.1, 0.15) is 52.4 Å². The van der Waals surface area contributed by atoms with Crippen LogP contribution >= 0.6 is 0 Å². The van der Waals surface area contributed by atoms with Crippen LogP contribution in [0.4, 0.5) is 0 Å². The average molecular weight is 197 g/mol. The van der Waals surface area contributed by atoms with E-state index >= 15 is 0 Å². The van der Waals surface area contributed by atoms with Crippen LogP contribution in [0.15, 0.2) is 0 Å². The van der Waals surface area contributed by atoms with Gasteiger partial charge in [0.25, 0.3) is 0 Å². The van der Waals surface area contributed by atoms with Gasteiger partial charge in [-0.2, -0.15) is 0 Å². The normalized spacial score (nSPS) is 20.3. The van der Waals surface area contributed by atoms with Gasteiger partial charge in [-0.15, -0.1) is 0 Å². The molecule has 1 unspecified atom stereocenters. The second-order valence-corrected chi connectivity index (χ2v) is 4.34. The van der Waals surface area contributed by atoms with Gasteiger partial charge in [-0.1, -0.05) is 33.1 Å². The number of Topliss-reactive ketones (excluding diaryl/α,β-unsaturated/α-hetero) is 1. The molecule has 0 saturated carbocycles. The third-order valence-electron chi connectivity index (χ3n) is 3.09. The van der Waals surface area contributed by atoms with Crippen LogP contribution in [0.25, 0.3) is 0 Å². The Balaban J connectivity index is 2.36. The Hall–Kier alpha value is -0.370. The molecule has 0 amide bonds. The molecule has 0 bridgehead atoms. The van der Waals surface area contributed by atoms with Crippen LogP contribution < -0.4 is 0 Å². The van der Waals surface area contributed by atoms with Crippen LogP contribution in [-0.4, -0.2) is 29.8 Å². The molecule has 2 nitrogen and oxygen atoms in total. The molecular weight excluding hydrogens is 174 g/mol. The molecule has 0 N–H and O–H groups in total.